The summed E-state index contributed by atoms with van der Waals surface area (Å²) in [5.41, 5.74) is 1.44. The van der Waals surface area contributed by atoms with Gasteiger partial charge in [-0.3, -0.25) is 14.4 Å². The number of rotatable bonds is 11. The number of unbranched alkanes of at least 4 members (excludes halogenated alkanes) is 2. The molecule has 0 N–H and O–H groups in total. The summed E-state index contributed by atoms with van der Waals surface area (Å²) in [4.78, 5) is 61.8. The molecule has 8 heteroatoms. The molecule has 1 aliphatic carbocycles. The van der Waals surface area contributed by atoms with Crippen LogP contribution in [0.1, 0.15) is 56.3 Å². The average molecular weight is 521 g/mol. The second-order valence-electron chi connectivity index (χ2n) is 8.79. The molecule has 0 amide bonds. The van der Waals surface area contributed by atoms with E-state index in [1.165, 1.54) is 18.2 Å². The van der Waals surface area contributed by atoms with Crippen molar-refractivity contribution in [1.82, 2.24) is 0 Å². The van der Waals surface area contributed by atoms with E-state index in [0.717, 1.165) is 24.0 Å². The number of halogens is 1. The van der Waals surface area contributed by atoms with Gasteiger partial charge in [0, 0.05) is 12.0 Å². The van der Waals surface area contributed by atoms with Crippen LogP contribution in [0, 0.1) is 5.92 Å². The maximum atomic E-state index is 13.4. The number of ether oxygens (including phenoxy) is 2. The zero-order valence-corrected chi connectivity index (χ0v) is 21.3. The van der Waals surface area contributed by atoms with Crippen molar-refractivity contribution < 1.29 is 37.8 Å². The summed E-state index contributed by atoms with van der Waals surface area (Å²) in [5.74, 6) is -4.92. The van der Waals surface area contributed by atoms with Gasteiger partial charge in [0.05, 0.1) is 0 Å². The first kappa shape index (κ1) is 28.4. The predicted molar refractivity (Wildman–Crippen MR) is 138 cm³/mol. The number of ketones is 2. The van der Waals surface area contributed by atoms with Crippen molar-refractivity contribution in [3.8, 4) is 16.9 Å². The van der Waals surface area contributed by atoms with Gasteiger partial charge in [-0.2, -0.15) is 0 Å². The zero-order valence-electron chi connectivity index (χ0n) is 21.3. The first-order valence-corrected chi connectivity index (χ1v) is 12.5. The van der Waals surface area contributed by atoms with Crippen molar-refractivity contribution >= 4 is 29.5 Å². The number of benzene rings is 2. The summed E-state index contributed by atoms with van der Waals surface area (Å²) in [5, 5.41) is 0. The molecule has 0 fully saturated rings. The molecule has 2 aromatic carbocycles. The summed E-state index contributed by atoms with van der Waals surface area (Å²) < 4.78 is 23.2. The molecule has 0 aliphatic heterocycles. The minimum absolute atomic E-state index is 0.0325. The lowest BCUT2D eigenvalue weighted by Gasteiger charge is -2.16. The highest BCUT2D eigenvalue weighted by molar-refractivity contribution is 6.27. The summed E-state index contributed by atoms with van der Waals surface area (Å²) in [6, 6.07) is 13.0. The van der Waals surface area contributed by atoms with Gasteiger partial charge >= 0.3 is 17.9 Å². The molecule has 1 aliphatic rings. The topological polar surface area (TPSA) is 104 Å². The van der Waals surface area contributed by atoms with Gasteiger partial charge < -0.3 is 9.47 Å². The zero-order chi connectivity index (χ0) is 27.7. The molecule has 2 aromatic rings. The van der Waals surface area contributed by atoms with Crippen LogP contribution in [0.5, 0.6) is 5.75 Å². The molecule has 2 unspecified atom stereocenters. The monoisotopic (exact) mass is 520 g/mol. The van der Waals surface area contributed by atoms with E-state index < -0.39 is 41.6 Å². The Labute approximate surface area is 220 Å². The Kier molecular flexibility index (Phi) is 9.99. The van der Waals surface area contributed by atoms with E-state index in [9.17, 15) is 28.4 Å². The molecule has 0 bridgehead atoms. The Bertz CT molecular complexity index is 1260. The number of hydrogen-bond acceptors (Lipinski definition) is 7. The minimum atomic E-state index is -1.68. The van der Waals surface area contributed by atoms with Crippen LogP contribution >= 0.6 is 0 Å². The van der Waals surface area contributed by atoms with Crippen molar-refractivity contribution in [2.24, 2.45) is 5.92 Å². The highest BCUT2D eigenvalue weighted by Gasteiger charge is 2.34. The van der Waals surface area contributed by atoms with E-state index >= 15 is 0 Å². The van der Waals surface area contributed by atoms with Gasteiger partial charge in [0.25, 0.3) is 0 Å². The van der Waals surface area contributed by atoms with Crippen molar-refractivity contribution in [3.63, 3.8) is 0 Å². The van der Waals surface area contributed by atoms with Crippen LogP contribution in [0.2, 0.25) is 0 Å². The maximum Gasteiger partial charge on any atom is 0.349 e. The molecular weight excluding hydrogens is 491 g/mol. The quantitative estimate of drug-likeness (QED) is 0.0959. The van der Waals surface area contributed by atoms with Gasteiger partial charge in [0.15, 0.2) is 17.7 Å². The second kappa shape index (κ2) is 13.4. The van der Waals surface area contributed by atoms with Gasteiger partial charge in [0.2, 0.25) is 0 Å². The predicted octanol–water partition coefficient (Wildman–Crippen LogP) is 5.52. The first-order valence-electron chi connectivity index (χ1n) is 12.5. The fourth-order valence-corrected chi connectivity index (χ4v) is 3.77. The highest BCUT2D eigenvalue weighted by Crippen LogP contribution is 2.26. The Morgan fingerprint density at radius 3 is 2.16 bits per heavy atom. The fourth-order valence-electron chi connectivity index (χ4n) is 3.77. The lowest BCUT2D eigenvalue weighted by atomic mass is 9.86. The fraction of sp³-hybridized carbons (Fsp3) is 0.300. The second-order valence-corrected chi connectivity index (χ2v) is 8.79. The molecule has 0 aromatic heterocycles. The van der Waals surface area contributed by atoms with Gasteiger partial charge in [-0.1, -0.05) is 75.2 Å². The SMILES string of the molecule is CCCCCC(=O)OC(=O)C1=CC=CC(C(=O)c2ccc(-c3ccc(OC(=O)C(F)CC)cc3)cc2)C1=O. The van der Waals surface area contributed by atoms with E-state index in [1.54, 1.807) is 55.5 Å². The number of Topliss-reactive ketones (excluding diaryl/α,β-unsaturated/α-hetero) is 2. The summed E-state index contributed by atoms with van der Waals surface area (Å²) >= 11 is 0. The molecule has 198 valence electrons. The van der Waals surface area contributed by atoms with Crippen molar-refractivity contribution in [1.29, 1.82) is 0 Å². The molecule has 0 heterocycles. The summed E-state index contributed by atoms with van der Waals surface area (Å²) in [7, 11) is 0. The third-order valence-corrected chi connectivity index (χ3v) is 6.00. The van der Waals surface area contributed by atoms with Crippen LogP contribution < -0.4 is 4.74 Å². The van der Waals surface area contributed by atoms with E-state index in [2.05, 4.69) is 0 Å². The van der Waals surface area contributed by atoms with Crippen LogP contribution in [0.25, 0.3) is 11.1 Å². The Morgan fingerprint density at radius 1 is 0.921 bits per heavy atom. The van der Waals surface area contributed by atoms with Crippen LogP contribution in [0.3, 0.4) is 0 Å². The number of alkyl halides is 1. The number of carbonyl (C=O) groups is 5. The summed E-state index contributed by atoms with van der Waals surface area (Å²) in [6.45, 7) is 3.53. The highest BCUT2D eigenvalue weighted by atomic mass is 19.1. The normalized spacial score (nSPS) is 15.4. The number of allylic oxidation sites excluding steroid dienone is 3. The third-order valence-electron chi connectivity index (χ3n) is 6.00. The van der Waals surface area contributed by atoms with E-state index in [-0.39, 0.29) is 29.7 Å². The molecule has 2 atom stereocenters. The molecule has 3 rings (SSSR count). The lowest BCUT2D eigenvalue weighted by Crippen LogP contribution is -2.30. The molecule has 0 saturated heterocycles. The average Bonchev–Trinajstić information content (AvgIpc) is 2.93. The van der Waals surface area contributed by atoms with Gasteiger partial charge in [-0.05, 0) is 42.2 Å². The maximum absolute atomic E-state index is 13.4. The van der Waals surface area contributed by atoms with E-state index in [0.29, 0.717) is 6.42 Å². The molecular formula is C30H29FO7. The number of esters is 3. The van der Waals surface area contributed by atoms with E-state index in [1.807, 2.05) is 6.92 Å². The Morgan fingerprint density at radius 2 is 1.55 bits per heavy atom. The lowest BCUT2D eigenvalue weighted by molar-refractivity contribution is -0.157. The molecule has 0 spiro atoms. The Balaban J connectivity index is 1.64. The number of carbonyl (C=O) groups excluding carboxylic acids is 5. The van der Waals surface area contributed by atoms with Crippen LogP contribution in [-0.4, -0.2) is 35.6 Å². The van der Waals surface area contributed by atoms with Gasteiger partial charge in [-0.15, -0.1) is 0 Å². The van der Waals surface area contributed by atoms with Crippen LogP contribution in [0.4, 0.5) is 4.39 Å². The van der Waals surface area contributed by atoms with Crippen molar-refractivity contribution in [3.05, 3.63) is 77.9 Å². The minimum Gasteiger partial charge on any atom is -0.424 e. The largest absolute Gasteiger partial charge is 0.424 e. The van der Waals surface area contributed by atoms with Crippen molar-refractivity contribution in [2.45, 2.75) is 52.1 Å². The smallest absolute Gasteiger partial charge is 0.349 e. The van der Waals surface area contributed by atoms with Gasteiger partial charge in [0.1, 0.15) is 17.2 Å². The van der Waals surface area contributed by atoms with Gasteiger partial charge in [-0.25, -0.2) is 14.0 Å². The molecule has 7 nitrogen and oxygen atoms in total. The first-order chi connectivity index (χ1) is 18.2. The van der Waals surface area contributed by atoms with Crippen LogP contribution in [0.15, 0.2) is 72.3 Å². The number of hydrogen-bond donors (Lipinski definition) is 0. The van der Waals surface area contributed by atoms with Crippen molar-refractivity contribution in [2.75, 3.05) is 0 Å². The molecule has 0 saturated carbocycles. The Hall–Kier alpha value is -4.20. The molecule has 38 heavy (non-hydrogen) atoms. The third kappa shape index (κ3) is 7.18. The molecule has 0 radical (unpaired) electrons. The van der Waals surface area contributed by atoms with E-state index in [4.69, 9.17) is 9.47 Å². The summed E-state index contributed by atoms with van der Waals surface area (Å²) in [6.07, 6.45) is 4.82. The standard InChI is InChI=1S/C30H29FO7/c1-3-5-6-10-26(32)38-29(35)24-9-7-8-23(28(24)34)27(33)21-13-11-19(12-14-21)20-15-17-22(18-16-20)37-30(36)25(31)4-2/h7-9,11-18,23,25H,3-6,10H2,1-2H3. The van der Waals surface area contributed by atoms with Crippen LogP contribution in [-0.2, 0) is 23.9 Å².